The number of rotatable bonds is 6. The SMILES string of the molecule is CN(Cc1cccc2ccccc12)C(=O)c1cccc(S(=O)(=O)N(C)c2ccccc2)c1. The smallest absolute Gasteiger partial charge is 0.264 e. The normalized spacial score (nSPS) is 11.3. The van der Waals surface area contributed by atoms with Crippen LogP contribution in [0.5, 0.6) is 0 Å². The number of fused-ring (bicyclic) bond motifs is 1. The molecule has 32 heavy (non-hydrogen) atoms. The summed E-state index contributed by atoms with van der Waals surface area (Å²) in [6.07, 6.45) is 0. The molecular weight excluding hydrogens is 420 g/mol. The molecule has 4 aromatic carbocycles. The molecule has 0 aliphatic rings. The highest BCUT2D eigenvalue weighted by molar-refractivity contribution is 7.92. The van der Waals surface area contributed by atoms with Crippen molar-refractivity contribution in [2.24, 2.45) is 0 Å². The maximum atomic E-state index is 13.1. The van der Waals surface area contributed by atoms with Gasteiger partial charge in [-0.1, -0.05) is 66.7 Å². The molecule has 0 atom stereocenters. The average molecular weight is 445 g/mol. The predicted octanol–water partition coefficient (Wildman–Crippen LogP) is 4.94. The van der Waals surface area contributed by atoms with Gasteiger partial charge in [0.15, 0.2) is 0 Å². The summed E-state index contributed by atoms with van der Waals surface area (Å²) in [5, 5.41) is 2.21. The lowest BCUT2D eigenvalue weighted by atomic mass is 10.0. The minimum absolute atomic E-state index is 0.0771. The van der Waals surface area contributed by atoms with Crippen molar-refractivity contribution < 1.29 is 13.2 Å². The highest BCUT2D eigenvalue weighted by Gasteiger charge is 2.23. The van der Waals surface area contributed by atoms with Crippen molar-refractivity contribution >= 4 is 32.4 Å². The molecule has 6 heteroatoms. The highest BCUT2D eigenvalue weighted by Crippen LogP contribution is 2.24. The molecule has 0 spiro atoms. The molecule has 4 rings (SSSR count). The fourth-order valence-electron chi connectivity index (χ4n) is 3.70. The lowest BCUT2D eigenvalue weighted by Gasteiger charge is -2.21. The first kappa shape index (κ1) is 21.6. The van der Waals surface area contributed by atoms with Crippen LogP contribution in [0.25, 0.3) is 10.8 Å². The van der Waals surface area contributed by atoms with Crippen molar-refractivity contribution in [3.05, 3.63) is 108 Å². The molecule has 0 aliphatic heterocycles. The molecule has 1 amide bonds. The maximum Gasteiger partial charge on any atom is 0.264 e. The van der Waals surface area contributed by atoms with E-state index in [0.717, 1.165) is 16.3 Å². The van der Waals surface area contributed by atoms with Gasteiger partial charge >= 0.3 is 0 Å². The van der Waals surface area contributed by atoms with Gasteiger partial charge in [-0.3, -0.25) is 9.10 Å². The van der Waals surface area contributed by atoms with E-state index in [0.29, 0.717) is 17.8 Å². The number of amides is 1. The van der Waals surface area contributed by atoms with Crippen LogP contribution in [0.2, 0.25) is 0 Å². The Morgan fingerprint density at radius 3 is 2.22 bits per heavy atom. The van der Waals surface area contributed by atoms with Crippen LogP contribution >= 0.6 is 0 Å². The number of carbonyl (C=O) groups is 1. The van der Waals surface area contributed by atoms with Crippen molar-refractivity contribution in [2.45, 2.75) is 11.4 Å². The van der Waals surface area contributed by atoms with E-state index in [2.05, 4.69) is 0 Å². The highest BCUT2D eigenvalue weighted by atomic mass is 32.2. The molecule has 5 nitrogen and oxygen atoms in total. The molecule has 162 valence electrons. The van der Waals surface area contributed by atoms with Gasteiger partial charge in [0.25, 0.3) is 15.9 Å². The second-order valence-corrected chi connectivity index (χ2v) is 9.60. The van der Waals surface area contributed by atoms with E-state index in [1.54, 1.807) is 48.3 Å². The van der Waals surface area contributed by atoms with Crippen LogP contribution in [0.15, 0.2) is 102 Å². The van der Waals surface area contributed by atoms with Gasteiger partial charge in [-0.15, -0.1) is 0 Å². The van der Waals surface area contributed by atoms with Gasteiger partial charge in [-0.05, 0) is 46.7 Å². The Morgan fingerprint density at radius 2 is 1.44 bits per heavy atom. The van der Waals surface area contributed by atoms with Gasteiger partial charge < -0.3 is 4.90 Å². The molecule has 0 aliphatic carbocycles. The lowest BCUT2D eigenvalue weighted by Crippen LogP contribution is -2.28. The zero-order valence-electron chi connectivity index (χ0n) is 18.0. The molecule has 4 aromatic rings. The second kappa shape index (κ2) is 8.85. The van der Waals surface area contributed by atoms with Crippen LogP contribution < -0.4 is 4.31 Å². The third kappa shape index (κ3) is 4.22. The van der Waals surface area contributed by atoms with E-state index >= 15 is 0 Å². The van der Waals surface area contributed by atoms with E-state index in [1.807, 2.05) is 48.5 Å². The van der Waals surface area contributed by atoms with Crippen LogP contribution in [0.4, 0.5) is 5.69 Å². The summed E-state index contributed by atoms with van der Waals surface area (Å²) in [4.78, 5) is 14.8. The summed E-state index contributed by atoms with van der Waals surface area (Å²) in [6, 6.07) is 29.1. The molecule has 0 radical (unpaired) electrons. The number of carbonyl (C=O) groups excluding carboxylic acids is 1. The van der Waals surface area contributed by atoms with Crippen molar-refractivity contribution in [3.8, 4) is 0 Å². The Balaban J connectivity index is 1.59. The number of para-hydroxylation sites is 1. The Labute approximate surface area is 188 Å². The number of benzene rings is 4. The maximum absolute atomic E-state index is 13.1. The van der Waals surface area contributed by atoms with Gasteiger partial charge in [-0.2, -0.15) is 0 Å². The number of hydrogen-bond acceptors (Lipinski definition) is 3. The lowest BCUT2D eigenvalue weighted by molar-refractivity contribution is 0.0785. The molecule has 0 saturated heterocycles. The van der Waals surface area contributed by atoms with E-state index in [4.69, 9.17) is 0 Å². The monoisotopic (exact) mass is 444 g/mol. The topological polar surface area (TPSA) is 57.7 Å². The molecular formula is C26H24N2O3S. The zero-order valence-corrected chi connectivity index (χ0v) is 18.8. The summed E-state index contributed by atoms with van der Waals surface area (Å²) in [5.41, 5.74) is 1.92. The minimum atomic E-state index is -3.80. The summed E-state index contributed by atoms with van der Waals surface area (Å²) in [5.74, 6) is -0.239. The predicted molar refractivity (Wildman–Crippen MR) is 128 cm³/mol. The van der Waals surface area contributed by atoms with Gasteiger partial charge in [0.2, 0.25) is 0 Å². The quantitative estimate of drug-likeness (QED) is 0.423. The van der Waals surface area contributed by atoms with E-state index in [1.165, 1.54) is 23.5 Å². The first-order valence-corrected chi connectivity index (χ1v) is 11.7. The first-order chi connectivity index (χ1) is 15.4. The molecule has 0 bridgehead atoms. The Hall–Kier alpha value is -3.64. The van der Waals surface area contributed by atoms with Gasteiger partial charge in [0.1, 0.15) is 0 Å². The first-order valence-electron chi connectivity index (χ1n) is 10.2. The molecule has 0 aromatic heterocycles. The fraction of sp³-hybridized carbons (Fsp3) is 0.115. The number of anilines is 1. The molecule has 0 N–H and O–H groups in total. The van der Waals surface area contributed by atoms with Crippen LogP contribution in [-0.2, 0) is 16.6 Å². The Kier molecular flexibility index (Phi) is 5.97. The van der Waals surface area contributed by atoms with Crippen LogP contribution in [0.1, 0.15) is 15.9 Å². The fourth-order valence-corrected chi connectivity index (χ4v) is 4.94. The largest absolute Gasteiger partial charge is 0.337 e. The van der Waals surface area contributed by atoms with Gasteiger partial charge in [0.05, 0.1) is 10.6 Å². The molecule has 0 heterocycles. The Morgan fingerprint density at radius 1 is 0.781 bits per heavy atom. The van der Waals surface area contributed by atoms with Crippen LogP contribution in [-0.4, -0.2) is 33.3 Å². The number of sulfonamides is 1. The van der Waals surface area contributed by atoms with Crippen molar-refractivity contribution in [2.75, 3.05) is 18.4 Å². The van der Waals surface area contributed by atoms with E-state index in [-0.39, 0.29) is 10.8 Å². The number of nitrogens with zero attached hydrogens (tertiary/aromatic N) is 2. The molecule has 0 saturated carbocycles. The standard InChI is InChI=1S/C26H24N2O3S/c1-27(19-22-13-8-11-20-10-6-7-17-25(20)22)26(29)21-12-9-16-24(18-21)32(30,31)28(2)23-14-4-3-5-15-23/h3-18H,19H2,1-2H3. The van der Waals surface area contributed by atoms with E-state index in [9.17, 15) is 13.2 Å². The zero-order chi connectivity index (χ0) is 22.7. The summed E-state index contributed by atoms with van der Waals surface area (Å²) < 4.78 is 27.5. The third-order valence-electron chi connectivity index (χ3n) is 5.49. The van der Waals surface area contributed by atoms with Crippen LogP contribution in [0, 0.1) is 0 Å². The van der Waals surface area contributed by atoms with E-state index < -0.39 is 10.0 Å². The molecule has 0 unspecified atom stereocenters. The summed E-state index contributed by atoms with van der Waals surface area (Å²) in [7, 11) is -0.570. The van der Waals surface area contributed by atoms with Crippen molar-refractivity contribution in [3.63, 3.8) is 0 Å². The van der Waals surface area contributed by atoms with Crippen LogP contribution in [0.3, 0.4) is 0 Å². The van der Waals surface area contributed by atoms with Crippen molar-refractivity contribution in [1.29, 1.82) is 0 Å². The van der Waals surface area contributed by atoms with Gasteiger partial charge in [-0.25, -0.2) is 8.42 Å². The minimum Gasteiger partial charge on any atom is -0.337 e. The van der Waals surface area contributed by atoms with Gasteiger partial charge in [0, 0.05) is 26.2 Å². The summed E-state index contributed by atoms with van der Waals surface area (Å²) in [6.45, 7) is 0.418. The van der Waals surface area contributed by atoms with Crippen molar-refractivity contribution in [1.82, 2.24) is 4.90 Å². The Bertz CT molecular complexity index is 1360. The average Bonchev–Trinajstić information content (AvgIpc) is 2.84. The summed E-state index contributed by atoms with van der Waals surface area (Å²) >= 11 is 0. The third-order valence-corrected chi connectivity index (χ3v) is 7.27. The second-order valence-electron chi connectivity index (χ2n) is 7.64. The molecule has 0 fully saturated rings. The number of hydrogen-bond donors (Lipinski definition) is 0.